The number of halogens is 1. The molecular formula is C24H31FN4O2. The Kier molecular flexibility index (Phi) is 5.75. The molecule has 4 rings (SSSR count). The molecule has 1 amide bonds. The van der Waals surface area contributed by atoms with Gasteiger partial charge in [0.1, 0.15) is 5.82 Å². The summed E-state index contributed by atoms with van der Waals surface area (Å²) in [6, 6.07) is 8.43. The average molecular weight is 427 g/mol. The number of carbonyl (C=O) groups excluding carboxylic acids is 1. The Morgan fingerprint density at radius 3 is 2.65 bits per heavy atom. The number of nitrogens with zero attached hydrogens (tertiary/aromatic N) is 3. The fourth-order valence-corrected chi connectivity index (χ4v) is 4.95. The normalized spacial score (nSPS) is 20.7. The number of pyridine rings is 1. The maximum Gasteiger partial charge on any atom is 0.254 e. The lowest BCUT2D eigenvalue weighted by Gasteiger charge is -2.32. The Morgan fingerprint density at radius 2 is 1.97 bits per heavy atom. The van der Waals surface area contributed by atoms with Gasteiger partial charge >= 0.3 is 0 Å². The molecule has 1 atom stereocenters. The van der Waals surface area contributed by atoms with Crippen LogP contribution in [0.15, 0.2) is 35.1 Å². The largest absolute Gasteiger partial charge is 0.313 e. The standard InChI is InChI=1S/C24H31FN4O2/c1-16-13-28(10-9-26-16)14-21(30)29-15-24(2,3)22-20(29)12-18(23(31)27(22)4)11-17-5-7-19(25)8-6-17/h5-8,12,16,26H,9-11,13-15H2,1-4H3/t16-/m1/s1. The van der Waals surface area contributed by atoms with Gasteiger partial charge in [-0.2, -0.15) is 0 Å². The van der Waals surface area contributed by atoms with Crippen LogP contribution < -0.4 is 15.8 Å². The second-order valence-electron chi connectivity index (χ2n) is 9.52. The fourth-order valence-electron chi connectivity index (χ4n) is 4.95. The molecular weight excluding hydrogens is 395 g/mol. The van der Waals surface area contributed by atoms with E-state index in [0.717, 1.165) is 36.6 Å². The van der Waals surface area contributed by atoms with Crippen molar-refractivity contribution in [1.82, 2.24) is 14.8 Å². The molecule has 1 aromatic heterocycles. The number of aromatic nitrogens is 1. The molecule has 0 spiro atoms. The Hall–Kier alpha value is -2.51. The van der Waals surface area contributed by atoms with Crippen LogP contribution in [0.2, 0.25) is 0 Å². The number of nitrogens with one attached hydrogen (secondary N) is 1. The number of piperazine rings is 1. The van der Waals surface area contributed by atoms with Crippen LogP contribution in [0, 0.1) is 5.82 Å². The lowest BCUT2D eigenvalue weighted by atomic mass is 9.90. The zero-order valence-corrected chi connectivity index (χ0v) is 18.7. The molecule has 3 heterocycles. The van der Waals surface area contributed by atoms with Crippen LogP contribution in [0.3, 0.4) is 0 Å². The van der Waals surface area contributed by atoms with Gasteiger partial charge in [-0.05, 0) is 30.7 Å². The van der Waals surface area contributed by atoms with Crippen molar-refractivity contribution in [2.24, 2.45) is 7.05 Å². The quantitative estimate of drug-likeness (QED) is 0.813. The minimum Gasteiger partial charge on any atom is -0.313 e. The van der Waals surface area contributed by atoms with Crippen LogP contribution >= 0.6 is 0 Å². The predicted octanol–water partition coefficient (Wildman–Crippen LogP) is 2.03. The molecule has 1 N–H and O–H groups in total. The number of hydrogen-bond donors (Lipinski definition) is 1. The summed E-state index contributed by atoms with van der Waals surface area (Å²) in [5, 5.41) is 3.40. The van der Waals surface area contributed by atoms with Crippen molar-refractivity contribution in [2.75, 3.05) is 37.6 Å². The highest BCUT2D eigenvalue weighted by Crippen LogP contribution is 2.40. The van der Waals surface area contributed by atoms with Crippen LogP contribution in [0.5, 0.6) is 0 Å². The van der Waals surface area contributed by atoms with Crippen molar-refractivity contribution >= 4 is 11.6 Å². The average Bonchev–Trinajstić information content (AvgIpc) is 2.98. The van der Waals surface area contributed by atoms with Gasteiger partial charge in [-0.25, -0.2) is 4.39 Å². The Bertz CT molecular complexity index is 1040. The van der Waals surface area contributed by atoms with Gasteiger partial charge < -0.3 is 14.8 Å². The first-order valence-corrected chi connectivity index (χ1v) is 10.9. The molecule has 0 saturated carbocycles. The van der Waals surface area contributed by atoms with E-state index in [4.69, 9.17) is 0 Å². The zero-order chi connectivity index (χ0) is 22.3. The van der Waals surface area contributed by atoms with Gasteiger partial charge in [-0.3, -0.25) is 14.5 Å². The third-order valence-electron chi connectivity index (χ3n) is 6.37. The molecule has 6 nitrogen and oxygen atoms in total. The summed E-state index contributed by atoms with van der Waals surface area (Å²) in [5.74, 6) is -0.237. The minimum absolute atomic E-state index is 0.0623. The maximum atomic E-state index is 13.3. The molecule has 1 aromatic carbocycles. The molecule has 0 bridgehead atoms. The molecule has 0 unspecified atom stereocenters. The van der Waals surface area contributed by atoms with Gasteiger partial charge in [-0.15, -0.1) is 0 Å². The van der Waals surface area contributed by atoms with E-state index >= 15 is 0 Å². The van der Waals surface area contributed by atoms with Gasteiger partial charge in [0, 0.05) is 56.7 Å². The van der Waals surface area contributed by atoms with Crippen molar-refractivity contribution in [3.8, 4) is 0 Å². The van der Waals surface area contributed by atoms with Crippen LogP contribution in [-0.4, -0.2) is 54.1 Å². The topological polar surface area (TPSA) is 57.6 Å². The zero-order valence-electron chi connectivity index (χ0n) is 18.7. The van der Waals surface area contributed by atoms with Crippen molar-refractivity contribution < 1.29 is 9.18 Å². The molecule has 0 aliphatic carbocycles. The second kappa shape index (κ2) is 8.20. The second-order valence-corrected chi connectivity index (χ2v) is 9.52. The Labute approximate surface area is 182 Å². The fraction of sp³-hybridized carbons (Fsp3) is 0.500. The maximum absolute atomic E-state index is 13.3. The van der Waals surface area contributed by atoms with E-state index in [1.54, 1.807) is 23.7 Å². The van der Waals surface area contributed by atoms with Gasteiger partial charge in [0.25, 0.3) is 5.56 Å². The summed E-state index contributed by atoms with van der Waals surface area (Å²) < 4.78 is 15.0. The highest BCUT2D eigenvalue weighted by molar-refractivity contribution is 5.97. The number of anilines is 1. The summed E-state index contributed by atoms with van der Waals surface area (Å²) in [5.41, 5.74) is 2.80. The van der Waals surface area contributed by atoms with E-state index in [-0.39, 0.29) is 22.7 Å². The van der Waals surface area contributed by atoms with E-state index in [9.17, 15) is 14.0 Å². The van der Waals surface area contributed by atoms with E-state index < -0.39 is 0 Å². The van der Waals surface area contributed by atoms with Gasteiger partial charge in [-0.1, -0.05) is 26.0 Å². The predicted molar refractivity (Wildman–Crippen MR) is 120 cm³/mol. The first-order valence-electron chi connectivity index (χ1n) is 10.9. The van der Waals surface area contributed by atoms with Crippen LogP contribution in [0.25, 0.3) is 0 Å². The first-order chi connectivity index (χ1) is 14.7. The monoisotopic (exact) mass is 426 g/mol. The van der Waals surface area contributed by atoms with E-state index in [1.807, 2.05) is 11.0 Å². The van der Waals surface area contributed by atoms with Gasteiger partial charge in [0.05, 0.1) is 17.9 Å². The number of amides is 1. The lowest BCUT2D eigenvalue weighted by Crippen LogP contribution is -2.52. The lowest BCUT2D eigenvalue weighted by molar-refractivity contribution is -0.120. The van der Waals surface area contributed by atoms with E-state index in [0.29, 0.717) is 31.1 Å². The molecule has 7 heteroatoms. The van der Waals surface area contributed by atoms with Crippen molar-refractivity contribution in [3.63, 3.8) is 0 Å². The van der Waals surface area contributed by atoms with Crippen molar-refractivity contribution in [3.05, 3.63) is 63.3 Å². The number of rotatable bonds is 4. The van der Waals surface area contributed by atoms with E-state index in [1.165, 1.54) is 12.1 Å². The Balaban J connectivity index is 1.66. The molecule has 1 saturated heterocycles. The third kappa shape index (κ3) is 4.29. The number of benzene rings is 1. The molecule has 31 heavy (non-hydrogen) atoms. The van der Waals surface area contributed by atoms with Crippen LogP contribution in [0.1, 0.15) is 37.6 Å². The summed E-state index contributed by atoms with van der Waals surface area (Å²) >= 11 is 0. The first kappa shape index (κ1) is 21.7. The highest BCUT2D eigenvalue weighted by Gasteiger charge is 2.41. The van der Waals surface area contributed by atoms with Crippen LogP contribution in [-0.2, 0) is 23.7 Å². The molecule has 166 valence electrons. The highest BCUT2D eigenvalue weighted by atomic mass is 19.1. The summed E-state index contributed by atoms with van der Waals surface area (Å²) in [6.45, 7) is 9.78. The van der Waals surface area contributed by atoms with Gasteiger partial charge in [0.15, 0.2) is 0 Å². The summed E-state index contributed by atoms with van der Waals surface area (Å²) in [4.78, 5) is 30.4. The molecule has 2 aliphatic rings. The van der Waals surface area contributed by atoms with Crippen molar-refractivity contribution in [1.29, 1.82) is 0 Å². The van der Waals surface area contributed by atoms with Gasteiger partial charge in [0.2, 0.25) is 5.91 Å². The third-order valence-corrected chi connectivity index (χ3v) is 6.37. The molecule has 0 radical (unpaired) electrons. The number of fused-ring (bicyclic) bond motifs is 1. The number of carbonyl (C=O) groups is 1. The molecule has 1 fully saturated rings. The SMILES string of the molecule is C[C@@H]1CN(CC(=O)N2CC(C)(C)c3c2cc(Cc2ccc(F)cc2)c(=O)n3C)CCN1. The van der Waals surface area contributed by atoms with Crippen LogP contribution in [0.4, 0.5) is 10.1 Å². The Morgan fingerprint density at radius 1 is 1.26 bits per heavy atom. The summed E-state index contributed by atoms with van der Waals surface area (Å²) in [7, 11) is 1.78. The van der Waals surface area contributed by atoms with Crippen molar-refractivity contribution in [2.45, 2.75) is 38.6 Å². The molecule has 2 aromatic rings. The van der Waals surface area contributed by atoms with E-state index in [2.05, 4.69) is 31.0 Å². The minimum atomic E-state index is -0.315. The number of hydrogen-bond acceptors (Lipinski definition) is 4. The summed E-state index contributed by atoms with van der Waals surface area (Å²) in [6.07, 6.45) is 0.401. The molecule has 2 aliphatic heterocycles. The smallest absolute Gasteiger partial charge is 0.254 e.